The van der Waals surface area contributed by atoms with Crippen LogP contribution in [0.1, 0.15) is 84.3 Å². The monoisotopic (exact) mass is 359 g/mol. The zero-order chi connectivity index (χ0) is 15.9. The summed E-state index contributed by atoms with van der Waals surface area (Å²) >= 11 is 3.47. The van der Waals surface area contributed by atoms with Gasteiger partial charge in [-0.1, -0.05) is 65.7 Å². The second-order valence-electron chi connectivity index (χ2n) is 6.58. The van der Waals surface area contributed by atoms with Crippen LogP contribution in [0.4, 0.5) is 4.39 Å². The lowest BCUT2D eigenvalue weighted by atomic mass is 9.77. The van der Waals surface area contributed by atoms with Crippen molar-refractivity contribution < 1.29 is 4.39 Å². The predicted molar refractivity (Wildman–Crippen MR) is 93.3 cm³/mol. The predicted octanol–water partition coefficient (Wildman–Crippen LogP) is 6.74. The van der Waals surface area contributed by atoms with Crippen molar-refractivity contribution in [3.05, 3.63) is 22.2 Å². The van der Waals surface area contributed by atoms with E-state index in [2.05, 4.69) is 36.7 Å². The first kappa shape index (κ1) is 18.7. The van der Waals surface area contributed by atoms with Gasteiger partial charge in [-0.05, 0) is 28.8 Å². The van der Waals surface area contributed by atoms with Gasteiger partial charge in [0.05, 0.1) is 4.47 Å². The fraction of sp³-hybridized carbons (Fsp3) is 0.778. The van der Waals surface area contributed by atoms with Gasteiger partial charge in [0.15, 0.2) is 5.82 Å². The van der Waals surface area contributed by atoms with Crippen molar-refractivity contribution in [1.29, 1.82) is 0 Å². The fourth-order valence-electron chi connectivity index (χ4n) is 3.32. The highest BCUT2D eigenvalue weighted by Gasteiger charge is 2.32. The zero-order valence-corrected chi connectivity index (χ0v) is 15.7. The lowest BCUT2D eigenvalue weighted by molar-refractivity contribution is 0.347. The summed E-state index contributed by atoms with van der Waals surface area (Å²) in [6, 6.07) is 0. The second-order valence-corrected chi connectivity index (χ2v) is 7.37. The molecule has 0 saturated carbocycles. The third-order valence-electron chi connectivity index (χ3n) is 4.56. The smallest absolute Gasteiger partial charge is 0.155 e. The normalized spacial score (nSPS) is 14.4. The Labute approximate surface area is 138 Å². The molecule has 0 bridgehead atoms. The van der Waals surface area contributed by atoms with Crippen LogP contribution in [0.25, 0.3) is 0 Å². The van der Waals surface area contributed by atoms with E-state index < -0.39 is 0 Å². The minimum absolute atomic E-state index is 0.0703. The van der Waals surface area contributed by atoms with Crippen LogP contribution in [0.5, 0.6) is 0 Å². The van der Waals surface area contributed by atoms with Crippen LogP contribution in [0.15, 0.2) is 10.7 Å². The quantitative estimate of drug-likeness (QED) is 0.407. The number of hydrogen-bond donors (Lipinski definition) is 0. The Balaban J connectivity index is 2.88. The van der Waals surface area contributed by atoms with E-state index in [0.29, 0.717) is 4.47 Å². The van der Waals surface area contributed by atoms with Crippen LogP contribution in [0.3, 0.4) is 0 Å². The Morgan fingerprint density at radius 1 is 1.05 bits per heavy atom. The fourth-order valence-corrected chi connectivity index (χ4v) is 4.18. The first-order chi connectivity index (χ1) is 9.96. The number of aromatic nitrogens is 1. The molecule has 0 N–H and O–H groups in total. The van der Waals surface area contributed by atoms with Crippen LogP contribution in [-0.4, -0.2) is 4.57 Å². The molecule has 0 spiro atoms. The van der Waals surface area contributed by atoms with Crippen LogP contribution in [0.2, 0.25) is 0 Å². The Hall–Kier alpha value is -0.310. The molecule has 3 heteroatoms. The molecule has 122 valence electrons. The molecule has 0 aliphatic rings. The van der Waals surface area contributed by atoms with Crippen molar-refractivity contribution in [2.45, 2.75) is 84.0 Å². The highest BCUT2D eigenvalue weighted by Crippen LogP contribution is 2.40. The molecule has 1 unspecified atom stereocenters. The van der Waals surface area contributed by atoms with E-state index in [9.17, 15) is 4.39 Å². The van der Waals surface area contributed by atoms with E-state index in [1.54, 1.807) is 6.20 Å². The second kappa shape index (κ2) is 8.97. The van der Waals surface area contributed by atoms with Crippen molar-refractivity contribution in [1.82, 2.24) is 4.57 Å². The molecular formula is C18H31BrFN. The summed E-state index contributed by atoms with van der Waals surface area (Å²) in [7, 11) is 1.97. The van der Waals surface area contributed by atoms with Gasteiger partial charge in [-0.15, -0.1) is 0 Å². The SMILES string of the molecule is CCCCCCC(C)(CCCCC)c1c(Br)c(F)cn1C. The summed E-state index contributed by atoms with van der Waals surface area (Å²) in [5.41, 5.74) is 1.20. The van der Waals surface area contributed by atoms with E-state index in [-0.39, 0.29) is 11.2 Å². The average molecular weight is 360 g/mol. The Morgan fingerprint density at radius 3 is 2.05 bits per heavy atom. The number of halogens is 2. The van der Waals surface area contributed by atoms with Crippen molar-refractivity contribution in [2.75, 3.05) is 0 Å². The van der Waals surface area contributed by atoms with Crippen LogP contribution in [0, 0.1) is 5.82 Å². The van der Waals surface area contributed by atoms with Gasteiger partial charge in [0.2, 0.25) is 0 Å². The van der Waals surface area contributed by atoms with Gasteiger partial charge in [0.1, 0.15) is 0 Å². The summed E-state index contributed by atoms with van der Waals surface area (Å²) in [5.74, 6) is -0.136. The molecular weight excluding hydrogens is 329 g/mol. The number of aryl methyl sites for hydroxylation is 1. The molecule has 0 radical (unpaired) electrons. The molecule has 0 amide bonds. The molecule has 0 fully saturated rings. The van der Waals surface area contributed by atoms with Gasteiger partial charge >= 0.3 is 0 Å². The van der Waals surface area contributed by atoms with E-state index in [1.165, 1.54) is 44.9 Å². The highest BCUT2D eigenvalue weighted by atomic mass is 79.9. The topological polar surface area (TPSA) is 4.93 Å². The van der Waals surface area contributed by atoms with E-state index in [1.807, 2.05) is 11.6 Å². The van der Waals surface area contributed by atoms with Crippen LogP contribution < -0.4 is 0 Å². The zero-order valence-electron chi connectivity index (χ0n) is 14.1. The molecule has 1 atom stereocenters. The molecule has 1 nitrogen and oxygen atoms in total. The first-order valence-electron chi connectivity index (χ1n) is 8.47. The lowest BCUT2D eigenvalue weighted by Crippen LogP contribution is -2.25. The average Bonchev–Trinajstić information content (AvgIpc) is 2.69. The van der Waals surface area contributed by atoms with Gasteiger partial charge in [0.25, 0.3) is 0 Å². The van der Waals surface area contributed by atoms with Gasteiger partial charge in [-0.25, -0.2) is 4.39 Å². The number of nitrogens with zero attached hydrogens (tertiary/aromatic N) is 1. The number of rotatable bonds is 10. The summed E-state index contributed by atoms with van der Waals surface area (Å²) in [4.78, 5) is 0. The maximum Gasteiger partial charge on any atom is 0.155 e. The van der Waals surface area contributed by atoms with Gasteiger partial charge in [-0.2, -0.15) is 0 Å². The molecule has 1 aromatic rings. The Bertz CT molecular complexity index is 427. The van der Waals surface area contributed by atoms with Crippen molar-refractivity contribution in [3.8, 4) is 0 Å². The maximum atomic E-state index is 13.9. The van der Waals surface area contributed by atoms with Crippen LogP contribution in [-0.2, 0) is 12.5 Å². The largest absolute Gasteiger partial charge is 0.350 e. The molecule has 1 aromatic heterocycles. The lowest BCUT2D eigenvalue weighted by Gasteiger charge is -2.31. The minimum Gasteiger partial charge on any atom is -0.350 e. The Kier molecular flexibility index (Phi) is 8.00. The molecule has 0 aromatic carbocycles. The molecule has 1 rings (SSSR count). The van der Waals surface area contributed by atoms with E-state index in [4.69, 9.17) is 0 Å². The van der Waals surface area contributed by atoms with E-state index >= 15 is 0 Å². The van der Waals surface area contributed by atoms with Gasteiger partial charge in [-0.3, -0.25) is 0 Å². The molecule has 21 heavy (non-hydrogen) atoms. The first-order valence-corrected chi connectivity index (χ1v) is 9.26. The third-order valence-corrected chi connectivity index (χ3v) is 5.32. The van der Waals surface area contributed by atoms with E-state index in [0.717, 1.165) is 18.5 Å². The van der Waals surface area contributed by atoms with Crippen molar-refractivity contribution in [2.24, 2.45) is 7.05 Å². The molecule has 0 aliphatic carbocycles. The summed E-state index contributed by atoms with van der Waals surface area (Å²) in [6.07, 6.45) is 12.7. The van der Waals surface area contributed by atoms with Gasteiger partial charge in [0, 0.05) is 24.4 Å². The van der Waals surface area contributed by atoms with Crippen molar-refractivity contribution in [3.63, 3.8) is 0 Å². The summed E-state index contributed by atoms with van der Waals surface area (Å²) < 4.78 is 16.5. The number of unbranched alkanes of at least 4 members (excludes halogenated alkanes) is 5. The third kappa shape index (κ3) is 5.12. The molecule has 0 saturated heterocycles. The van der Waals surface area contributed by atoms with Gasteiger partial charge < -0.3 is 4.57 Å². The minimum atomic E-state index is -0.136. The summed E-state index contributed by atoms with van der Waals surface area (Å²) in [6.45, 7) is 6.79. The Morgan fingerprint density at radius 2 is 1.57 bits per heavy atom. The van der Waals surface area contributed by atoms with Crippen molar-refractivity contribution >= 4 is 15.9 Å². The molecule has 1 heterocycles. The standard InChI is InChI=1S/C18H31BrFN/c1-5-7-9-11-13-18(3,12-10-8-6-2)17-16(19)15(20)14-21(17)4/h14H,5-13H2,1-4H3. The van der Waals surface area contributed by atoms with Crippen LogP contribution >= 0.6 is 15.9 Å². The molecule has 0 aliphatic heterocycles. The summed E-state index contributed by atoms with van der Waals surface area (Å²) in [5, 5.41) is 0. The highest BCUT2D eigenvalue weighted by molar-refractivity contribution is 9.10. The number of hydrogen-bond acceptors (Lipinski definition) is 0. The maximum absolute atomic E-state index is 13.9.